The number of benzene rings is 1. The lowest BCUT2D eigenvalue weighted by atomic mass is 9.94. The smallest absolute Gasteiger partial charge is 0.0459 e. The van der Waals surface area contributed by atoms with E-state index in [2.05, 4.69) is 36.9 Å². The van der Waals surface area contributed by atoms with Crippen LogP contribution in [0.2, 0.25) is 0 Å². The van der Waals surface area contributed by atoms with Crippen molar-refractivity contribution in [2.75, 3.05) is 13.7 Å². The molecule has 3 N–H and O–H groups in total. The van der Waals surface area contributed by atoms with Crippen molar-refractivity contribution >= 4 is 0 Å². The van der Waals surface area contributed by atoms with Crippen molar-refractivity contribution in [1.29, 1.82) is 0 Å². The van der Waals surface area contributed by atoms with Gasteiger partial charge in [0.05, 0.1) is 0 Å². The molecule has 1 saturated carbocycles. The first-order valence-electron chi connectivity index (χ1n) is 10.1. The Morgan fingerprint density at radius 3 is 2.12 bits per heavy atom. The van der Waals surface area contributed by atoms with Gasteiger partial charge in [-0.05, 0) is 62.1 Å². The first kappa shape index (κ1) is 21.2. The molecular weight excluding hydrogens is 294 g/mol. The molecule has 1 aromatic rings. The second-order valence-corrected chi connectivity index (χ2v) is 7.17. The van der Waals surface area contributed by atoms with Gasteiger partial charge in [-0.15, -0.1) is 0 Å². The van der Waals surface area contributed by atoms with Crippen molar-refractivity contribution < 1.29 is 5.11 Å². The third-order valence-electron chi connectivity index (χ3n) is 5.32. The molecule has 1 aliphatic carbocycles. The summed E-state index contributed by atoms with van der Waals surface area (Å²) in [5, 5.41) is 9.26. The summed E-state index contributed by atoms with van der Waals surface area (Å²) in [4.78, 5) is 0. The van der Waals surface area contributed by atoms with Crippen LogP contribution in [0, 0.1) is 5.92 Å². The first-order chi connectivity index (χ1) is 11.8. The molecule has 0 aromatic heterocycles. The Labute approximate surface area is 149 Å². The Bertz CT molecular complexity index is 401. The number of aliphatic hydroxyl groups is 1. The van der Waals surface area contributed by atoms with Crippen LogP contribution in [0.25, 0.3) is 0 Å². The van der Waals surface area contributed by atoms with Gasteiger partial charge in [0.1, 0.15) is 0 Å². The molecule has 0 bridgehead atoms. The number of rotatable bonds is 10. The lowest BCUT2D eigenvalue weighted by Gasteiger charge is -2.11. The molecular formula is C22H39NO. The summed E-state index contributed by atoms with van der Waals surface area (Å²) in [7, 11) is 1.50. The third kappa shape index (κ3) is 7.81. The van der Waals surface area contributed by atoms with E-state index in [0.717, 1.165) is 0 Å². The van der Waals surface area contributed by atoms with Crippen LogP contribution in [0.15, 0.2) is 24.3 Å². The van der Waals surface area contributed by atoms with E-state index in [1.165, 1.54) is 88.8 Å². The summed E-state index contributed by atoms with van der Waals surface area (Å²) < 4.78 is 0. The van der Waals surface area contributed by atoms with Crippen LogP contribution in [0.1, 0.15) is 88.2 Å². The van der Waals surface area contributed by atoms with Gasteiger partial charge in [-0.2, -0.15) is 0 Å². The topological polar surface area (TPSA) is 46.2 Å². The van der Waals surface area contributed by atoms with Crippen molar-refractivity contribution in [3.63, 3.8) is 0 Å². The predicted octanol–water partition coefficient (Wildman–Crippen LogP) is 5.43. The molecule has 1 aromatic carbocycles. The highest BCUT2D eigenvalue weighted by Crippen LogP contribution is 2.37. The molecule has 0 amide bonds. The largest absolute Gasteiger partial charge is 0.396 e. The highest BCUT2D eigenvalue weighted by Gasteiger charge is 2.24. The van der Waals surface area contributed by atoms with Crippen molar-refractivity contribution in [2.24, 2.45) is 11.7 Å². The first-order valence-corrected chi connectivity index (χ1v) is 10.1. The van der Waals surface area contributed by atoms with E-state index < -0.39 is 0 Å². The molecule has 2 atom stereocenters. The van der Waals surface area contributed by atoms with Gasteiger partial charge in [-0.1, -0.05) is 69.7 Å². The van der Waals surface area contributed by atoms with Gasteiger partial charge >= 0.3 is 0 Å². The van der Waals surface area contributed by atoms with Gasteiger partial charge in [0.25, 0.3) is 0 Å². The van der Waals surface area contributed by atoms with Crippen LogP contribution in [0.4, 0.5) is 0 Å². The zero-order valence-corrected chi connectivity index (χ0v) is 16.0. The molecule has 2 heteroatoms. The lowest BCUT2D eigenvalue weighted by molar-refractivity contribution is 0.229. The molecule has 138 valence electrons. The van der Waals surface area contributed by atoms with E-state index >= 15 is 0 Å². The maximum atomic E-state index is 9.26. The Hall–Kier alpha value is -0.860. The quantitative estimate of drug-likeness (QED) is 0.561. The SMILES string of the molecule is CCCCCCCCCc1ccc(C2CCC(CO)C2)cc1.CN. The number of aryl methyl sites for hydroxylation is 1. The molecule has 1 fully saturated rings. The molecule has 2 unspecified atom stereocenters. The predicted molar refractivity (Wildman–Crippen MR) is 105 cm³/mol. The number of aliphatic hydroxyl groups excluding tert-OH is 1. The van der Waals surface area contributed by atoms with Gasteiger partial charge in [0.15, 0.2) is 0 Å². The normalized spacial score (nSPS) is 19.8. The summed E-state index contributed by atoms with van der Waals surface area (Å²) in [5.41, 5.74) is 7.48. The standard InChI is InChI=1S/C21H34O.CH5N/c1-2-3-4-5-6-7-8-9-18-10-13-20(14-11-18)21-15-12-19(16-21)17-22;1-2/h10-11,13-14,19,21-22H,2-9,12,15-17H2,1H3;2H2,1H3. The summed E-state index contributed by atoms with van der Waals surface area (Å²) in [6.45, 7) is 2.64. The van der Waals surface area contributed by atoms with E-state index in [4.69, 9.17) is 0 Å². The second-order valence-electron chi connectivity index (χ2n) is 7.17. The summed E-state index contributed by atoms with van der Waals surface area (Å²) in [5.74, 6) is 1.22. The number of hydrogen-bond donors (Lipinski definition) is 2. The number of unbranched alkanes of at least 4 members (excludes halogenated alkanes) is 6. The highest BCUT2D eigenvalue weighted by atomic mass is 16.3. The van der Waals surface area contributed by atoms with Crippen LogP contribution < -0.4 is 5.73 Å². The van der Waals surface area contributed by atoms with E-state index in [-0.39, 0.29) is 0 Å². The summed E-state index contributed by atoms with van der Waals surface area (Å²) in [6, 6.07) is 9.33. The average molecular weight is 334 g/mol. The number of hydrogen-bond acceptors (Lipinski definition) is 2. The van der Waals surface area contributed by atoms with Crippen molar-refractivity contribution in [2.45, 2.75) is 83.5 Å². The van der Waals surface area contributed by atoms with Crippen LogP contribution >= 0.6 is 0 Å². The molecule has 0 aliphatic heterocycles. The van der Waals surface area contributed by atoms with Crippen molar-refractivity contribution in [3.05, 3.63) is 35.4 Å². The highest BCUT2D eigenvalue weighted by molar-refractivity contribution is 5.26. The maximum absolute atomic E-state index is 9.26. The van der Waals surface area contributed by atoms with Gasteiger partial charge in [0.2, 0.25) is 0 Å². The second kappa shape index (κ2) is 13.4. The fourth-order valence-electron chi connectivity index (χ4n) is 3.79. The molecule has 0 heterocycles. The Morgan fingerprint density at radius 2 is 1.54 bits per heavy atom. The third-order valence-corrected chi connectivity index (χ3v) is 5.32. The van der Waals surface area contributed by atoms with Gasteiger partial charge in [-0.3, -0.25) is 0 Å². The Balaban J connectivity index is 0.00000139. The molecule has 0 saturated heterocycles. The fourth-order valence-corrected chi connectivity index (χ4v) is 3.79. The lowest BCUT2D eigenvalue weighted by Crippen LogP contribution is -2.00. The van der Waals surface area contributed by atoms with Gasteiger partial charge < -0.3 is 10.8 Å². The monoisotopic (exact) mass is 333 g/mol. The van der Waals surface area contributed by atoms with Crippen LogP contribution in [-0.2, 0) is 6.42 Å². The van der Waals surface area contributed by atoms with Gasteiger partial charge in [0, 0.05) is 6.61 Å². The van der Waals surface area contributed by atoms with E-state index in [0.29, 0.717) is 18.4 Å². The van der Waals surface area contributed by atoms with Gasteiger partial charge in [-0.25, -0.2) is 0 Å². The summed E-state index contributed by atoms with van der Waals surface area (Å²) in [6.07, 6.45) is 14.6. The van der Waals surface area contributed by atoms with Crippen molar-refractivity contribution in [1.82, 2.24) is 0 Å². The molecule has 0 spiro atoms. The minimum Gasteiger partial charge on any atom is -0.396 e. The van der Waals surface area contributed by atoms with Crippen molar-refractivity contribution in [3.8, 4) is 0 Å². The van der Waals surface area contributed by atoms with Crippen LogP contribution in [0.5, 0.6) is 0 Å². The maximum Gasteiger partial charge on any atom is 0.0459 e. The average Bonchev–Trinajstić information content (AvgIpc) is 3.12. The molecule has 2 rings (SSSR count). The minimum atomic E-state index is 0.368. The van der Waals surface area contributed by atoms with Crippen LogP contribution in [0.3, 0.4) is 0 Å². The Kier molecular flexibility index (Phi) is 11.9. The molecule has 24 heavy (non-hydrogen) atoms. The summed E-state index contributed by atoms with van der Waals surface area (Å²) >= 11 is 0. The van der Waals surface area contributed by atoms with E-state index in [1.54, 1.807) is 0 Å². The fraction of sp³-hybridized carbons (Fsp3) is 0.727. The zero-order valence-electron chi connectivity index (χ0n) is 16.0. The number of nitrogens with two attached hydrogens (primary N) is 1. The molecule has 2 nitrogen and oxygen atoms in total. The van der Waals surface area contributed by atoms with E-state index in [9.17, 15) is 5.11 Å². The molecule has 1 aliphatic rings. The zero-order chi connectivity index (χ0) is 17.6. The van der Waals surface area contributed by atoms with Crippen LogP contribution in [-0.4, -0.2) is 18.8 Å². The van der Waals surface area contributed by atoms with E-state index in [1.807, 2.05) is 0 Å². The Morgan fingerprint density at radius 1 is 0.917 bits per heavy atom. The molecule has 0 radical (unpaired) electrons. The minimum absolute atomic E-state index is 0.368.